The Morgan fingerprint density at radius 3 is 2.15 bits per heavy atom. The first-order valence-corrected chi connectivity index (χ1v) is 18.0. The molecule has 0 heterocycles. The summed E-state index contributed by atoms with van der Waals surface area (Å²) >= 11 is 12.8. The maximum atomic E-state index is 14.6. The number of carbonyl (C=O) groups excluding carboxylic acids is 2. The quantitative estimate of drug-likeness (QED) is 0.166. The van der Waals surface area contributed by atoms with Gasteiger partial charge in [-0.3, -0.25) is 13.9 Å². The molecule has 1 N–H and O–H groups in total. The smallest absolute Gasteiger partial charge is 0.264 e. The SMILES string of the molecule is Cc1ccc(N(CC(=O)N(Cc2cccc(Cl)c2)C(Cc2ccccc2)C(=O)NC2CCCCC2)S(=O)(=O)c2ccccc2)cc1Cl. The number of rotatable bonds is 12. The Balaban J connectivity index is 1.57. The molecule has 1 unspecified atom stereocenters. The monoisotopic (exact) mass is 691 g/mol. The van der Waals surface area contributed by atoms with Crippen LogP contribution in [0.4, 0.5) is 5.69 Å². The highest BCUT2D eigenvalue weighted by Crippen LogP contribution is 2.29. The standard InChI is InChI=1S/C37H39Cl2N3O4S/c1-27-20-21-32(24-34(27)39)42(47(45,46)33-18-9-4-10-19-33)26-36(43)41(25-29-14-11-15-30(38)22-29)35(23-28-12-5-2-6-13-28)37(44)40-31-16-7-3-8-17-31/h2,4-6,9-15,18-22,24,31,35H,3,7-8,16-17,23,25-26H2,1H3,(H,40,44). The van der Waals surface area contributed by atoms with Crippen molar-refractivity contribution in [1.82, 2.24) is 10.2 Å². The minimum atomic E-state index is -4.21. The summed E-state index contributed by atoms with van der Waals surface area (Å²) in [6.07, 6.45) is 5.20. The third-order valence-electron chi connectivity index (χ3n) is 8.52. The molecule has 2 amide bonds. The fraction of sp³-hybridized carbons (Fsp3) is 0.297. The summed E-state index contributed by atoms with van der Waals surface area (Å²) in [4.78, 5) is 30.4. The Bertz CT molecular complexity index is 1780. The first-order valence-electron chi connectivity index (χ1n) is 15.8. The molecule has 10 heteroatoms. The van der Waals surface area contributed by atoms with E-state index in [1.807, 2.05) is 43.3 Å². The number of benzene rings is 4. The number of sulfonamides is 1. The minimum absolute atomic E-state index is 0.0160. The zero-order valence-electron chi connectivity index (χ0n) is 26.3. The van der Waals surface area contributed by atoms with Gasteiger partial charge in [-0.25, -0.2) is 8.42 Å². The van der Waals surface area contributed by atoms with E-state index in [1.54, 1.807) is 54.6 Å². The molecule has 1 saturated carbocycles. The molecule has 0 spiro atoms. The molecule has 7 nitrogen and oxygen atoms in total. The molecule has 0 aliphatic heterocycles. The predicted molar refractivity (Wildman–Crippen MR) is 188 cm³/mol. The van der Waals surface area contributed by atoms with Crippen LogP contribution in [0.3, 0.4) is 0 Å². The summed E-state index contributed by atoms with van der Waals surface area (Å²) in [5.74, 6) is -0.812. The van der Waals surface area contributed by atoms with Crippen LogP contribution in [-0.4, -0.2) is 43.8 Å². The van der Waals surface area contributed by atoms with Crippen LogP contribution in [0.25, 0.3) is 0 Å². The summed E-state index contributed by atoms with van der Waals surface area (Å²) in [5, 5.41) is 4.08. The van der Waals surface area contributed by atoms with Gasteiger partial charge in [0.15, 0.2) is 0 Å². The second kappa shape index (κ2) is 15.8. The molecule has 1 aliphatic carbocycles. The number of hydrogen-bond acceptors (Lipinski definition) is 4. The molecular formula is C37H39Cl2N3O4S. The number of halogens is 2. The van der Waals surface area contributed by atoms with Crippen LogP contribution in [0.1, 0.15) is 48.8 Å². The molecule has 246 valence electrons. The molecule has 1 aliphatic rings. The van der Waals surface area contributed by atoms with Crippen LogP contribution in [-0.2, 0) is 32.6 Å². The minimum Gasteiger partial charge on any atom is -0.352 e. The lowest BCUT2D eigenvalue weighted by molar-refractivity contribution is -0.140. The van der Waals surface area contributed by atoms with Crippen molar-refractivity contribution in [3.05, 3.63) is 130 Å². The lowest BCUT2D eigenvalue weighted by Crippen LogP contribution is -2.55. The maximum absolute atomic E-state index is 14.6. The van der Waals surface area contributed by atoms with Gasteiger partial charge in [0.05, 0.1) is 10.6 Å². The highest BCUT2D eigenvalue weighted by Gasteiger charge is 2.35. The van der Waals surface area contributed by atoms with E-state index in [0.717, 1.165) is 47.5 Å². The van der Waals surface area contributed by atoms with Crippen molar-refractivity contribution in [1.29, 1.82) is 0 Å². The Hall–Kier alpha value is -3.85. The molecule has 0 radical (unpaired) electrons. The Morgan fingerprint density at radius 2 is 1.49 bits per heavy atom. The van der Waals surface area contributed by atoms with Gasteiger partial charge in [0, 0.05) is 29.1 Å². The van der Waals surface area contributed by atoms with Crippen LogP contribution in [0.5, 0.6) is 0 Å². The van der Waals surface area contributed by atoms with Crippen molar-refractivity contribution < 1.29 is 18.0 Å². The van der Waals surface area contributed by atoms with Gasteiger partial charge in [-0.05, 0) is 72.9 Å². The van der Waals surface area contributed by atoms with Crippen molar-refractivity contribution >= 4 is 50.7 Å². The van der Waals surface area contributed by atoms with Gasteiger partial charge < -0.3 is 10.2 Å². The molecule has 0 aromatic heterocycles. The third-order valence-corrected chi connectivity index (χ3v) is 10.9. The van der Waals surface area contributed by atoms with E-state index >= 15 is 0 Å². The molecule has 1 atom stereocenters. The highest BCUT2D eigenvalue weighted by molar-refractivity contribution is 7.92. The van der Waals surface area contributed by atoms with Gasteiger partial charge in [0.25, 0.3) is 10.0 Å². The summed E-state index contributed by atoms with van der Waals surface area (Å²) in [7, 11) is -4.21. The fourth-order valence-electron chi connectivity index (χ4n) is 5.92. The van der Waals surface area contributed by atoms with Gasteiger partial charge >= 0.3 is 0 Å². The molecule has 4 aromatic carbocycles. The number of carbonyl (C=O) groups is 2. The zero-order valence-corrected chi connectivity index (χ0v) is 28.6. The third kappa shape index (κ3) is 8.95. The van der Waals surface area contributed by atoms with E-state index in [0.29, 0.717) is 15.6 Å². The first kappa shape index (κ1) is 34.5. The average Bonchev–Trinajstić information content (AvgIpc) is 3.07. The number of aryl methyl sites for hydroxylation is 1. The van der Waals surface area contributed by atoms with Crippen LogP contribution < -0.4 is 9.62 Å². The fourth-order valence-corrected chi connectivity index (χ4v) is 7.73. The second-order valence-corrected chi connectivity index (χ2v) is 14.7. The lowest BCUT2D eigenvalue weighted by Gasteiger charge is -2.35. The molecule has 1 fully saturated rings. The van der Waals surface area contributed by atoms with Crippen molar-refractivity contribution in [2.24, 2.45) is 0 Å². The van der Waals surface area contributed by atoms with Gasteiger partial charge in [0.1, 0.15) is 12.6 Å². The van der Waals surface area contributed by atoms with Crippen LogP contribution >= 0.6 is 23.2 Å². The van der Waals surface area contributed by atoms with E-state index in [-0.39, 0.29) is 35.5 Å². The summed E-state index contributed by atoms with van der Waals surface area (Å²) in [6, 6.07) is 28.6. The normalized spacial score (nSPS) is 14.3. The van der Waals surface area contributed by atoms with Gasteiger partial charge in [-0.2, -0.15) is 0 Å². The molecule has 47 heavy (non-hydrogen) atoms. The highest BCUT2D eigenvalue weighted by atomic mass is 35.5. The van der Waals surface area contributed by atoms with Gasteiger partial charge in [-0.1, -0.05) is 109 Å². The number of nitrogens with one attached hydrogen (secondary N) is 1. The van der Waals surface area contributed by atoms with Crippen molar-refractivity contribution in [3.63, 3.8) is 0 Å². The molecule has 0 saturated heterocycles. The molecule has 0 bridgehead atoms. The number of amides is 2. The topological polar surface area (TPSA) is 86.8 Å². The second-order valence-electron chi connectivity index (χ2n) is 12.0. The Labute approximate surface area is 287 Å². The summed E-state index contributed by atoms with van der Waals surface area (Å²) < 4.78 is 29.4. The summed E-state index contributed by atoms with van der Waals surface area (Å²) in [5.41, 5.74) is 2.60. The number of anilines is 1. The van der Waals surface area contributed by atoms with Crippen molar-refractivity contribution in [3.8, 4) is 0 Å². The Morgan fingerprint density at radius 1 is 0.830 bits per heavy atom. The average molecular weight is 693 g/mol. The molecule has 4 aromatic rings. The van der Waals surface area contributed by atoms with Gasteiger partial charge in [-0.15, -0.1) is 0 Å². The van der Waals surface area contributed by atoms with Crippen LogP contribution in [0.2, 0.25) is 10.0 Å². The predicted octanol–water partition coefficient (Wildman–Crippen LogP) is 7.59. The van der Waals surface area contributed by atoms with E-state index in [1.165, 1.54) is 17.0 Å². The van der Waals surface area contributed by atoms with E-state index in [4.69, 9.17) is 23.2 Å². The van der Waals surface area contributed by atoms with E-state index in [9.17, 15) is 18.0 Å². The maximum Gasteiger partial charge on any atom is 0.264 e. The molecular weight excluding hydrogens is 653 g/mol. The lowest BCUT2D eigenvalue weighted by atomic mass is 9.94. The van der Waals surface area contributed by atoms with Crippen LogP contribution in [0, 0.1) is 6.92 Å². The largest absolute Gasteiger partial charge is 0.352 e. The summed E-state index contributed by atoms with van der Waals surface area (Å²) in [6.45, 7) is 1.31. The van der Waals surface area contributed by atoms with Gasteiger partial charge in [0.2, 0.25) is 11.8 Å². The number of nitrogens with zero attached hydrogens (tertiary/aromatic N) is 2. The number of hydrogen-bond donors (Lipinski definition) is 1. The first-order chi connectivity index (χ1) is 22.6. The van der Waals surface area contributed by atoms with E-state index in [2.05, 4.69) is 5.32 Å². The molecule has 5 rings (SSSR count). The van der Waals surface area contributed by atoms with Crippen molar-refractivity contribution in [2.75, 3.05) is 10.8 Å². The van der Waals surface area contributed by atoms with E-state index < -0.39 is 28.5 Å². The van der Waals surface area contributed by atoms with Crippen molar-refractivity contribution in [2.45, 2.75) is 69.0 Å². The van der Waals surface area contributed by atoms with Crippen LogP contribution in [0.15, 0.2) is 108 Å². The Kier molecular flexibility index (Phi) is 11.6. The zero-order chi connectivity index (χ0) is 33.4.